The van der Waals surface area contributed by atoms with Gasteiger partial charge >= 0.3 is 0 Å². The second-order valence-electron chi connectivity index (χ2n) is 4.45. The van der Waals surface area contributed by atoms with Gasteiger partial charge in [-0.1, -0.05) is 48.5 Å². The van der Waals surface area contributed by atoms with Gasteiger partial charge in [0.15, 0.2) is 5.78 Å². The number of fused-ring (bicyclic) bond motifs is 2. The maximum absolute atomic E-state index is 12.6. The molecular formula is C16H14OS2. The van der Waals surface area contributed by atoms with Gasteiger partial charge in [0.2, 0.25) is 0 Å². The van der Waals surface area contributed by atoms with E-state index in [0.29, 0.717) is 0 Å². The topological polar surface area (TPSA) is 17.1 Å². The van der Waals surface area contributed by atoms with Gasteiger partial charge < -0.3 is 0 Å². The normalized spacial score (nSPS) is 15.8. The maximum atomic E-state index is 12.6. The minimum absolute atomic E-state index is 0.143. The van der Waals surface area contributed by atoms with Gasteiger partial charge in [0.25, 0.3) is 0 Å². The lowest BCUT2D eigenvalue weighted by Crippen LogP contribution is -2.29. The van der Waals surface area contributed by atoms with Gasteiger partial charge in [-0.05, 0) is 23.6 Å². The summed E-state index contributed by atoms with van der Waals surface area (Å²) < 4.78 is -0.179. The molecule has 1 aliphatic carbocycles. The van der Waals surface area contributed by atoms with Crippen molar-refractivity contribution in [1.29, 1.82) is 0 Å². The van der Waals surface area contributed by atoms with Crippen LogP contribution >= 0.6 is 23.5 Å². The SMILES string of the molecule is CSC1(SC)c2ccccc2C(=O)c2ccccc21. The Labute approximate surface area is 121 Å². The van der Waals surface area contributed by atoms with Gasteiger partial charge in [-0.25, -0.2) is 0 Å². The largest absolute Gasteiger partial charge is 0.289 e. The van der Waals surface area contributed by atoms with Crippen LogP contribution in [0, 0.1) is 0 Å². The summed E-state index contributed by atoms with van der Waals surface area (Å²) in [5.41, 5.74) is 3.92. The first-order valence-electron chi connectivity index (χ1n) is 6.08. The lowest BCUT2D eigenvalue weighted by molar-refractivity contribution is 0.103. The molecule has 3 heteroatoms. The van der Waals surface area contributed by atoms with Gasteiger partial charge in [-0.15, -0.1) is 23.5 Å². The van der Waals surface area contributed by atoms with Crippen LogP contribution in [0.2, 0.25) is 0 Å². The molecule has 96 valence electrons. The van der Waals surface area contributed by atoms with Crippen LogP contribution in [0.3, 0.4) is 0 Å². The Bertz CT molecular complexity index is 593. The predicted octanol–water partition coefficient (Wildman–Crippen LogP) is 4.16. The molecule has 0 atom stereocenters. The van der Waals surface area contributed by atoms with E-state index in [2.05, 4.69) is 24.6 Å². The minimum Gasteiger partial charge on any atom is -0.289 e. The molecular weight excluding hydrogens is 272 g/mol. The average Bonchev–Trinajstić information content (AvgIpc) is 2.49. The van der Waals surface area contributed by atoms with Gasteiger partial charge in [-0.3, -0.25) is 4.79 Å². The molecule has 0 saturated carbocycles. The molecule has 0 radical (unpaired) electrons. The second-order valence-corrected chi connectivity index (χ2v) is 6.74. The summed E-state index contributed by atoms with van der Waals surface area (Å²) in [5, 5.41) is 0. The van der Waals surface area contributed by atoms with Crippen LogP contribution in [0.1, 0.15) is 27.0 Å². The first-order chi connectivity index (χ1) is 9.24. The molecule has 0 bridgehead atoms. The molecule has 0 spiro atoms. The van der Waals surface area contributed by atoms with E-state index in [9.17, 15) is 4.79 Å². The van der Waals surface area contributed by atoms with Gasteiger partial charge in [0, 0.05) is 11.1 Å². The van der Waals surface area contributed by atoms with E-state index in [1.54, 1.807) is 23.5 Å². The van der Waals surface area contributed by atoms with Crippen LogP contribution in [-0.2, 0) is 4.08 Å². The number of carbonyl (C=O) groups is 1. The highest BCUT2D eigenvalue weighted by Gasteiger charge is 2.42. The van der Waals surface area contributed by atoms with Crippen LogP contribution < -0.4 is 0 Å². The van der Waals surface area contributed by atoms with Crippen molar-refractivity contribution in [3.05, 3.63) is 70.8 Å². The summed E-state index contributed by atoms with van der Waals surface area (Å²) in [6, 6.07) is 15.9. The van der Waals surface area contributed by atoms with Gasteiger partial charge in [0.05, 0.1) is 0 Å². The van der Waals surface area contributed by atoms with E-state index in [1.807, 2.05) is 36.4 Å². The number of ketones is 1. The zero-order valence-corrected chi connectivity index (χ0v) is 12.5. The number of hydrogen-bond donors (Lipinski definition) is 0. The Morgan fingerprint density at radius 3 is 1.63 bits per heavy atom. The third-order valence-corrected chi connectivity index (χ3v) is 6.66. The summed E-state index contributed by atoms with van der Waals surface area (Å²) in [6.45, 7) is 0. The lowest BCUT2D eigenvalue weighted by atomic mass is 9.84. The third kappa shape index (κ3) is 1.68. The highest BCUT2D eigenvalue weighted by atomic mass is 32.2. The lowest BCUT2D eigenvalue weighted by Gasteiger charge is -2.37. The fourth-order valence-electron chi connectivity index (χ4n) is 2.75. The molecule has 2 aromatic carbocycles. The third-order valence-electron chi connectivity index (χ3n) is 3.63. The van der Waals surface area contributed by atoms with Crippen molar-refractivity contribution < 1.29 is 4.79 Å². The first-order valence-corrected chi connectivity index (χ1v) is 8.53. The zero-order chi connectivity index (χ0) is 13.5. The fourth-order valence-corrected chi connectivity index (χ4v) is 5.01. The van der Waals surface area contributed by atoms with Gasteiger partial charge in [-0.2, -0.15) is 0 Å². The van der Waals surface area contributed by atoms with Crippen molar-refractivity contribution in [2.45, 2.75) is 4.08 Å². The highest BCUT2D eigenvalue weighted by molar-refractivity contribution is 8.17. The van der Waals surface area contributed by atoms with E-state index < -0.39 is 0 Å². The van der Waals surface area contributed by atoms with Crippen LogP contribution in [0.5, 0.6) is 0 Å². The fraction of sp³-hybridized carbons (Fsp3) is 0.188. The monoisotopic (exact) mass is 286 g/mol. The Hall–Kier alpha value is -1.19. The molecule has 1 aliphatic rings. The standard InChI is InChI=1S/C16H14OS2/c1-18-16(19-2)13-9-5-3-7-11(13)15(17)12-8-4-6-10-14(12)16/h3-10H,1-2H3. The predicted molar refractivity (Wildman–Crippen MR) is 84.1 cm³/mol. The second kappa shape index (κ2) is 4.73. The van der Waals surface area contributed by atoms with E-state index in [0.717, 1.165) is 22.3 Å². The number of rotatable bonds is 2. The quantitative estimate of drug-likeness (QED) is 0.772. The molecule has 0 heterocycles. The van der Waals surface area contributed by atoms with Gasteiger partial charge in [0.1, 0.15) is 4.08 Å². The molecule has 0 fully saturated rings. The Kier molecular flexibility index (Phi) is 3.19. The zero-order valence-electron chi connectivity index (χ0n) is 10.8. The number of thioether (sulfide) groups is 2. The first kappa shape index (κ1) is 12.8. The van der Waals surface area contributed by atoms with Crippen LogP contribution in [0.15, 0.2) is 48.5 Å². The van der Waals surface area contributed by atoms with Crippen molar-refractivity contribution in [1.82, 2.24) is 0 Å². The van der Waals surface area contributed by atoms with Crippen molar-refractivity contribution in [2.24, 2.45) is 0 Å². The van der Waals surface area contributed by atoms with Crippen LogP contribution in [0.25, 0.3) is 0 Å². The van der Waals surface area contributed by atoms with E-state index in [4.69, 9.17) is 0 Å². The van der Waals surface area contributed by atoms with Crippen LogP contribution in [0.4, 0.5) is 0 Å². The van der Waals surface area contributed by atoms with E-state index >= 15 is 0 Å². The molecule has 0 unspecified atom stereocenters. The van der Waals surface area contributed by atoms with Crippen molar-refractivity contribution in [2.75, 3.05) is 12.5 Å². The smallest absolute Gasteiger partial charge is 0.193 e. The van der Waals surface area contributed by atoms with Crippen molar-refractivity contribution >= 4 is 29.3 Å². The summed E-state index contributed by atoms with van der Waals surface area (Å²) in [7, 11) is 0. The molecule has 0 N–H and O–H groups in total. The molecule has 0 aromatic heterocycles. The van der Waals surface area contributed by atoms with Crippen molar-refractivity contribution in [3.63, 3.8) is 0 Å². The van der Waals surface area contributed by atoms with E-state index in [1.165, 1.54) is 0 Å². The summed E-state index contributed by atoms with van der Waals surface area (Å²) in [6.07, 6.45) is 4.22. The maximum Gasteiger partial charge on any atom is 0.193 e. The molecule has 1 nitrogen and oxygen atoms in total. The molecule has 0 saturated heterocycles. The number of carbonyl (C=O) groups excluding carboxylic acids is 1. The van der Waals surface area contributed by atoms with Crippen molar-refractivity contribution in [3.8, 4) is 0 Å². The Morgan fingerprint density at radius 1 is 0.789 bits per heavy atom. The Balaban J connectivity index is 2.39. The minimum atomic E-state index is -0.179. The average molecular weight is 286 g/mol. The molecule has 2 aromatic rings. The Morgan fingerprint density at radius 2 is 1.21 bits per heavy atom. The molecule has 19 heavy (non-hydrogen) atoms. The molecule has 0 amide bonds. The summed E-state index contributed by atoms with van der Waals surface area (Å²) >= 11 is 3.58. The summed E-state index contributed by atoms with van der Waals surface area (Å²) in [4.78, 5) is 12.6. The van der Waals surface area contributed by atoms with Crippen LogP contribution in [-0.4, -0.2) is 18.3 Å². The number of benzene rings is 2. The van der Waals surface area contributed by atoms with E-state index in [-0.39, 0.29) is 9.86 Å². The highest BCUT2D eigenvalue weighted by Crippen LogP contribution is 2.54. The summed E-state index contributed by atoms with van der Waals surface area (Å²) in [5.74, 6) is 0.143. The molecule has 3 rings (SSSR count). The molecule has 0 aliphatic heterocycles. The number of hydrogen-bond acceptors (Lipinski definition) is 3.